The van der Waals surface area contributed by atoms with Crippen molar-refractivity contribution in [3.05, 3.63) is 0 Å². The van der Waals surface area contributed by atoms with Crippen LogP contribution >= 0.6 is 0 Å². The van der Waals surface area contributed by atoms with Crippen molar-refractivity contribution in [2.45, 2.75) is 0 Å². The van der Waals surface area contributed by atoms with E-state index in [-0.39, 0.29) is 72.1 Å². The van der Waals surface area contributed by atoms with Crippen LogP contribution in [-0.4, -0.2) is 17.4 Å². The Bertz CT molecular complexity index is 11.6. The second-order valence-corrected chi connectivity index (χ2v) is 0. The molecular formula is HAlCrLiMn. The van der Waals surface area contributed by atoms with Gasteiger partial charge in [-0.25, -0.2) is 0 Å². The standard InChI is InChI=1S/Al.Cr.Li.Mn.H/q;;+1;;-1. The maximum Gasteiger partial charge on any atom is 1.00 e. The van der Waals surface area contributed by atoms with E-state index in [0.29, 0.717) is 0 Å². The Hall–Kier alpha value is 2.18. The van der Waals surface area contributed by atoms with Gasteiger partial charge < -0.3 is 1.43 Å². The summed E-state index contributed by atoms with van der Waals surface area (Å²) in [5.41, 5.74) is 0. The summed E-state index contributed by atoms with van der Waals surface area (Å²) >= 11 is 0. The van der Waals surface area contributed by atoms with Crippen LogP contribution < -0.4 is 18.9 Å². The molecule has 0 saturated heterocycles. The molecule has 0 unspecified atom stereocenters. The first-order valence-electron chi connectivity index (χ1n) is 0. The molecule has 0 bridgehead atoms. The zero-order chi connectivity index (χ0) is 0. The molecule has 0 amide bonds. The predicted molar refractivity (Wildman–Crippen MR) is 6.87 cm³/mol. The molecular weight excluding hydrogens is 141 g/mol. The molecule has 0 nitrogen and oxygen atoms in total. The second-order valence-electron chi connectivity index (χ2n) is 0. The molecule has 0 atom stereocenters. The molecule has 0 aliphatic carbocycles. The third kappa shape index (κ3) is 8.89. The molecule has 0 saturated carbocycles. The third-order valence-corrected chi connectivity index (χ3v) is 0. The van der Waals surface area contributed by atoms with Gasteiger partial charge >= 0.3 is 18.9 Å². The maximum absolute atomic E-state index is 0. The monoisotopic (exact) mass is 142 g/mol. The summed E-state index contributed by atoms with van der Waals surface area (Å²) < 4.78 is 0. The Balaban J connectivity index is 0. The molecule has 4 heavy (non-hydrogen) atoms. The van der Waals surface area contributed by atoms with Crippen molar-refractivity contribution in [2.75, 3.05) is 0 Å². The Labute approximate surface area is 71.5 Å². The van der Waals surface area contributed by atoms with Crippen LogP contribution in [0.4, 0.5) is 0 Å². The van der Waals surface area contributed by atoms with Gasteiger partial charge in [-0.1, -0.05) is 0 Å². The zero-order valence-corrected chi connectivity index (χ0v) is 5.97. The topological polar surface area (TPSA) is 0 Å². The van der Waals surface area contributed by atoms with Crippen molar-refractivity contribution in [2.24, 2.45) is 0 Å². The van der Waals surface area contributed by atoms with E-state index >= 15 is 0 Å². The van der Waals surface area contributed by atoms with E-state index in [0.717, 1.165) is 0 Å². The van der Waals surface area contributed by atoms with Gasteiger partial charge in [0.1, 0.15) is 0 Å². The van der Waals surface area contributed by atoms with E-state index in [4.69, 9.17) is 0 Å². The molecule has 4 heteroatoms. The molecule has 0 aliphatic heterocycles. The summed E-state index contributed by atoms with van der Waals surface area (Å²) in [6.45, 7) is 0. The van der Waals surface area contributed by atoms with Gasteiger partial charge in [-0.3, -0.25) is 0 Å². The van der Waals surface area contributed by atoms with Gasteiger partial charge in [0, 0.05) is 51.8 Å². The minimum atomic E-state index is 0. The first-order chi connectivity index (χ1) is 0. The molecule has 0 N–H and O–H groups in total. The summed E-state index contributed by atoms with van der Waals surface area (Å²) in [5, 5.41) is 0. The first kappa shape index (κ1) is 34.9. The largest absolute Gasteiger partial charge is 1.00 e. The summed E-state index contributed by atoms with van der Waals surface area (Å²) in [6, 6.07) is 0. The van der Waals surface area contributed by atoms with Gasteiger partial charge in [0.15, 0.2) is 0 Å². The fourth-order valence-corrected chi connectivity index (χ4v) is 0. The Morgan fingerprint density at radius 1 is 1.25 bits per heavy atom. The summed E-state index contributed by atoms with van der Waals surface area (Å²) in [5.74, 6) is 0. The maximum atomic E-state index is 0. The molecule has 4 radical (unpaired) electrons. The van der Waals surface area contributed by atoms with E-state index in [1.165, 1.54) is 0 Å². The van der Waals surface area contributed by atoms with E-state index in [9.17, 15) is 0 Å². The normalized spacial score (nSPS) is 0. The Morgan fingerprint density at radius 3 is 1.25 bits per heavy atom. The smallest absolute Gasteiger partial charge is 1.00 e. The molecule has 0 aromatic rings. The average Bonchev–Trinajstić information content (AvgIpc) is 0. The van der Waals surface area contributed by atoms with Crippen molar-refractivity contribution >= 4 is 17.4 Å². The van der Waals surface area contributed by atoms with Crippen LogP contribution in [0.1, 0.15) is 1.43 Å². The number of hydrogen-bond acceptors (Lipinski definition) is 0. The molecule has 0 aromatic carbocycles. The summed E-state index contributed by atoms with van der Waals surface area (Å²) in [6.07, 6.45) is 0. The van der Waals surface area contributed by atoms with Gasteiger partial charge in [-0.05, 0) is 0 Å². The van der Waals surface area contributed by atoms with Crippen LogP contribution in [0.15, 0.2) is 0 Å². The fraction of sp³-hybridized carbons (Fsp3) is 0. The average molecular weight is 142 g/mol. The molecule has 0 heterocycles. The minimum Gasteiger partial charge on any atom is -1.00 e. The molecule has 0 spiro atoms. The number of hydrogen-bond donors (Lipinski definition) is 0. The minimum absolute atomic E-state index is 0. The van der Waals surface area contributed by atoms with Crippen LogP contribution in [0.2, 0.25) is 0 Å². The summed E-state index contributed by atoms with van der Waals surface area (Å²) in [7, 11) is 0. The quantitative estimate of drug-likeness (QED) is 0.311. The Morgan fingerprint density at radius 2 is 1.25 bits per heavy atom. The predicted octanol–water partition coefficient (Wildman–Crippen LogP) is -3.27. The van der Waals surface area contributed by atoms with Gasteiger partial charge in [0.25, 0.3) is 0 Å². The number of rotatable bonds is 0. The fourth-order valence-electron chi connectivity index (χ4n) is 0. The molecule has 0 fully saturated rings. The van der Waals surface area contributed by atoms with Crippen molar-refractivity contribution in [1.29, 1.82) is 0 Å². The van der Waals surface area contributed by atoms with Crippen molar-refractivity contribution in [3.63, 3.8) is 0 Å². The summed E-state index contributed by atoms with van der Waals surface area (Å²) in [4.78, 5) is 0. The van der Waals surface area contributed by atoms with Gasteiger partial charge in [-0.15, -0.1) is 0 Å². The van der Waals surface area contributed by atoms with Gasteiger partial charge in [0.2, 0.25) is 0 Å². The van der Waals surface area contributed by atoms with Crippen LogP contribution in [-0.2, 0) is 34.4 Å². The molecule has 0 aromatic heterocycles. The van der Waals surface area contributed by atoms with Crippen LogP contribution in [0.3, 0.4) is 0 Å². The van der Waals surface area contributed by atoms with Crippen molar-refractivity contribution in [1.82, 2.24) is 0 Å². The molecule has 0 aliphatic rings. The van der Waals surface area contributed by atoms with Gasteiger partial charge in [0.05, 0.1) is 0 Å². The first-order valence-corrected chi connectivity index (χ1v) is 0. The van der Waals surface area contributed by atoms with Crippen LogP contribution in [0, 0.1) is 0 Å². The van der Waals surface area contributed by atoms with E-state index in [1.807, 2.05) is 0 Å². The van der Waals surface area contributed by atoms with Crippen LogP contribution in [0.5, 0.6) is 0 Å². The van der Waals surface area contributed by atoms with E-state index < -0.39 is 0 Å². The van der Waals surface area contributed by atoms with Crippen molar-refractivity contribution < 1.29 is 54.7 Å². The van der Waals surface area contributed by atoms with Crippen LogP contribution in [0.25, 0.3) is 0 Å². The van der Waals surface area contributed by atoms with E-state index in [2.05, 4.69) is 0 Å². The molecule has 0 rings (SSSR count). The van der Waals surface area contributed by atoms with E-state index in [1.54, 1.807) is 0 Å². The Kier molecular flexibility index (Phi) is 166. The molecule has 18 valence electrons. The third-order valence-electron chi connectivity index (χ3n) is 0. The van der Waals surface area contributed by atoms with Gasteiger partial charge in [-0.2, -0.15) is 0 Å². The van der Waals surface area contributed by atoms with Crippen molar-refractivity contribution in [3.8, 4) is 0 Å². The SMILES string of the molecule is [Al].[Cr].[H-].[Li+].[Mn]. The second kappa shape index (κ2) is 19.0. The zero-order valence-electron chi connectivity index (χ0n) is 3.36.